The predicted molar refractivity (Wildman–Crippen MR) is 66.2 cm³/mol. The van der Waals surface area contributed by atoms with Gasteiger partial charge in [-0.25, -0.2) is 13.1 Å². The van der Waals surface area contributed by atoms with Crippen molar-refractivity contribution in [3.8, 4) is 5.75 Å². The highest BCUT2D eigenvalue weighted by Gasteiger charge is 2.16. The van der Waals surface area contributed by atoms with Gasteiger partial charge in [-0.3, -0.25) is 0 Å². The molecule has 0 bridgehead atoms. The molecule has 0 aliphatic heterocycles. The molecule has 0 fully saturated rings. The Bertz CT molecular complexity index is 471. The molecule has 0 amide bonds. The van der Waals surface area contributed by atoms with Crippen LogP contribution in [0.1, 0.15) is 13.8 Å². The van der Waals surface area contributed by atoms with Gasteiger partial charge in [0.05, 0.1) is 16.5 Å². The van der Waals surface area contributed by atoms with Gasteiger partial charge in [0, 0.05) is 6.04 Å². The van der Waals surface area contributed by atoms with Crippen LogP contribution in [-0.4, -0.2) is 21.6 Å². The Balaban J connectivity index is 3.10. The van der Waals surface area contributed by atoms with Gasteiger partial charge in [0.15, 0.2) is 0 Å². The first-order valence-electron chi connectivity index (χ1n) is 4.72. The van der Waals surface area contributed by atoms with Gasteiger partial charge >= 0.3 is 0 Å². The molecule has 1 rings (SSSR count). The monoisotopic (exact) mass is 307 g/mol. The summed E-state index contributed by atoms with van der Waals surface area (Å²) in [5, 5.41) is 0. The molecule has 1 aromatic carbocycles. The molecule has 0 unspecified atom stereocenters. The van der Waals surface area contributed by atoms with E-state index in [0.717, 1.165) is 0 Å². The molecular weight excluding hydrogens is 294 g/mol. The lowest BCUT2D eigenvalue weighted by Gasteiger charge is -2.10. The summed E-state index contributed by atoms with van der Waals surface area (Å²) in [6.45, 7) is 3.55. The van der Waals surface area contributed by atoms with E-state index in [0.29, 0.717) is 10.2 Å². The predicted octanol–water partition coefficient (Wildman–Crippen LogP) is 2.14. The summed E-state index contributed by atoms with van der Waals surface area (Å²) < 4.78 is 31.8. The second kappa shape index (κ2) is 5.16. The lowest BCUT2D eigenvalue weighted by Crippen LogP contribution is -2.30. The number of methoxy groups -OCH3 is 1. The maximum absolute atomic E-state index is 11.8. The molecule has 0 saturated carbocycles. The average molecular weight is 308 g/mol. The molecule has 0 aliphatic carbocycles. The number of ether oxygens (including phenoxy) is 1. The molecule has 16 heavy (non-hydrogen) atoms. The highest BCUT2D eigenvalue weighted by molar-refractivity contribution is 9.10. The van der Waals surface area contributed by atoms with Gasteiger partial charge < -0.3 is 4.74 Å². The quantitative estimate of drug-likeness (QED) is 0.927. The lowest BCUT2D eigenvalue weighted by atomic mass is 10.3. The van der Waals surface area contributed by atoms with E-state index in [-0.39, 0.29) is 10.9 Å². The van der Waals surface area contributed by atoms with Crippen LogP contribution in [0.3, 0.4) is 0 Å². The highest BCUT2D eigenvalue weighted by atomic mass is 79.9. The van der Waals surface area contributed by atoms with Crippen molar-refractivity contribution in [1.29, 1.82) is 0 Å². The van der Waals surface area contributed by atoms with E-state index in [1.807, 2.05) is 0 Å². The maximum atomic E-state index is 11.8. The first-order chi connectivity index (χ1) is 7.36. The molecule has 0 aliphatic rings. The fraction of sp³-hybridized carbons (Fsp3) is 0.400. The summed E-state index contributed by atoms with van der Waals surface area (Å²) >= 11 is 3.25. The Hall–Kier alpha value is -0.590. The molecule has 0 heterocycles. The minimum absolute atomic E-state index is 0.133. The molecule has 0 atom stereocenters. The third-order valence-electron chi connectivity index (χ3n) is 1.82. The minimum atomic E-state index is -3.44. The maximum Gasteiger partial charge on any atom is 0.240 e. The van der Waals surface area contributed by atoms with E-state index in [1.165, 1.54) is 19.2 Å². The van der Waals surface area contributed by atoms with Crippen molar-refractivity contribution in [1.82, 2.24) is 4.72 Å². The Morgan fingerprint density at radius 1 is 1.38 bits per heavy atom. The van der Waals surface area contributed by atoms with Gasteiger partial charge in [0.1, 0.15) is 5.75 Å². The van der Waals surface area contributed by atoms with Crippen molar-refractivity contribution in [2.75, 3.05) is 7.11 Å². The van der Waals surface area contributed by atoms with Crippen LogP contribution in [0.15, 0.2) is 27.6 Å². The zero-order valence-electron chi connectivity index (χ0n) is 9.32. The van der Waals surface area contributed by atoms with E-state index in [4.69, 9.17) is 4.74 Å². The standard InChI is InChI=1S/C10H14BrNO3S/c1-7(2)12-16(13,14)8-4-5-10(15-3)9(11)6-8/h4-7,12H,1-3H3. The zero-order valence-corrected chi connectivity index (χ0v) is 11.7. The van der Waals surface area contributed by atoms with Gasteiger partial charge in [0.25, 0.3) is 0 Å². The van der Waals surface area contributed by atoms with E-state index >= 15 is 0 Å². The summed E-state index contributed by atoms with van der Waals surface area (Å²) in [6, 6.07) is 4.50. The number of hydrogen-bond acceptors (Lipinski definition) is 3. The first-order valence-corrected chi connectivity index (χ1v) is 7.00. The number of benzene rings is 1. The Labute approximate surface area is 104 Å². The number of hydrogen-bond donors (Lipinski definition) is 1. The van der Waals surface area contributed by atoms with Gasteiger partial charge in [-0.05, 0) is 48.0 Å². The van der Waals surface area contributed by atoms with Crippen LogP contribution in [-0.2, 0) is 10.0 Å². The molecule has 1 aromatic rings. The molecule has 90 valence electrons. The number of nitrogens with one attached hydrogen (secondary N) is 1. The van der Waals surface area contributed by atoms with Crippen LogP contribution in [0.4, 0.5) is 0 Å². The smallest absolute Gasteiger partial charge is 0.240 e. The van der Waals surface area contributed by atoms with Crippen molar-refractivity contribution >= 4 is 26.0 Å². The molecule has 0 radical (unpaired) electrons. The van der Waals surface area contributed by atoms with Crippen molar-refractivity contribution in [3.05, 3.63) is 22.7 Å². The Morgan fingerprint density at radius 2 is 2.00 bits per heavy atom. The van der Waals surface area contributed by atoms with E-state index in [2.05, 4.69) is 20.7 Å². The van der Waals surface area contributed by atoms with Crippen LogP contribution >= 0.6 is 15.9 Å². The molecule has 4 nitrogen and oxygen atoms in total. The summed E-state index contributed by atoms with van der Waals surface area (Å²) in [5.74, 6) is 0.600. The summed E-state index contributed by atoms with van der Waals surface area (Å²) in [5.41, 5.74) is 0. The molecule has 1 N–H and O–H groups in total. The number of sulfonamides is 1. The molecular formula is C10H14BrNO3S. The van der Waals surface area contributed by atoms with Crippen LogP contribution < -0.4 is 9.46 Å². The van der Waals surface area contributed by atoms with E-state index in [9.17, 15) is 8.42 Å². The average Bonchev–Trinajstić information content (AvgIpc) is 2.15. The second-order valence-electron chi connectivity index (χ2n) is 3.57. The van der Waals surface area contributed by atoms with Crippen LogP contribution in [0.25, 0.3) is 0 Å². The number of halogens is 1. The van der Waals surface area contributed by atoms with E-state index < -0.39 is 10.0 Å². The molecule has 0 saturated heterocycles. The SMILES string of the molecule is COc1ccc(S(=O)(=O)NC(C)C)cc1Br. The van der Waals surface area contributed by atoms with Crippen molar-refractivity contribution in [2.24, 2.45) is 0 Å². The normalized spacial score (nSPS) is 11.8. The minimum Gasteiger partial charge on any atom is -0.496 e. The number of rotatable bonds is 4. The van der Waals surface area contributed by atoms with Crippen LogP contribution in [0.5, 0.6) is 5.75 Å². The third kappa shape index (κ3) is 3.20. The Kier molecular flexibility index (Phi) is 4.35. The second-order valence-corrected chi connectivity index (χ2v) is 6.14. The van der Waals surface area contributed by atoms with Gasteiger partial charge in [0.2, 0.25) is 10.0 Å². The third-order valence-corrected chi connectivity index (χ3v) is 4.10. The highest BCUT2D eigenvalue weighted by Crippen LogP contribution is 2.27. The largest absolute Gasteiger partial charge is 0.496 e. The fourth-order valence-corrected chi connectivity index (χ4v) is 3.16. The zero-order chi connectivity index (χ0) is 12.3. The molecule has 0 spiro atoms. The summed E-state index contributed by atoms with van der Waals surface area (Å²) in [4.78, 5) is 0.217. The lowest BCUT2D eigenvalue weighted by molar-refractivity contribution is 0.411. The van der Waals surface area contributed by atoms with Crippen molar-refractivity contribution in [3.63, 3.8) is 0 Å². The molecule has 0 aromatic heterocycles. The Morgan fingerprint density at radius 3 is 2.44 bits per heavy atom. The topological polar surface area (TPSA) is 55.4 Å². The van der Waals surface area contributed by atoms with Gasteiger partial charge in [-0.1, -0.05) is 0 Å². The van der Waals surface area contributed by atoms with Crippen molar-refractivity contribution in [2.45, 2.75) is 24.8 Å². The fourth-order valence-electron chi connectivity index (χ4n) is 1.19. The first kappa shape index (κ1) is 13.5. The van der Waals surface area contributed by atoms with E-state index in [1.54, 1.807) is 19.9 Å². The van der Waals surface area contributed by atoms with Crippen LogP contribution in [0, 0.1) is 0 Å². The molecule has 6 heteroatoms. The van der Waals surface area contributed by atoms with Gasteiger partial charge in [-0.2, -0.15) is 0 Å². The van der Waals surface area contributed by atoms with Crippen molar-refractivity contribution < 1.29 is 13.2 Å². The summed E-state index contributed by atoms with van der Waals surface area (Å²) in [7, 11) is -1.91. The van der Waals surface area contributed by atoms with Gasteiger partial charge in [-0.15, -0.1) is 0 Å². The van der Waals surface area contributed by atoms with Crippen LogP contribution in [0.2, 0.25) is 0 Å². The summed E-state index contributed by atoms with van der Waals surface area (Å²) in [6.07, 6.45) is 0.